The molecule has 1 N–H and O–H groups in total. The average Bonchev–Trinajstić information content (AvgIpc) is 3.16. The van der Waals surface area contributed by atoms with E-state index in [2.05, 4.69) is 39.8 Å². The molecule has 3 rings (SSSR count). The minimum Gasteiger partial charge on any atom is -0.352 e. The maximum absolute atomic E-state index is 11.9. The number of hydrogen-bond acceptors (Lipinski definition) is 3. The van der Waals surface area contributed by atoms with Crippen LogP contribution >= 0.6 is 0 Å². The molecule has 2 fully saturated rings. The van der Waals surface area contributed by atoms with Crippen LogP contribution in [0, 0.1) is 5.92 Å². The van der Waals surface area contributed by atoms with Gasteiger partial charge in [-0.3, -0.25) is 9.69 Å². The third-order valence-electron chi connectivity index (χ3n) is 4.74. The first kappa shape index (κ1) is 15.5. The van der Waals surface area contributed by atoms with E-state index in [0.717, 1.165) is 32.5 Å². The third kappa shape index (κ3) is 4.09. The van der Waals surface area contributed by atoms with Gasteiger partial charge in [0, 0.05) is 30.9 Å². The second kappa shape index (κ2) is 6.82. The molecule has 0 aromatic carbocycles. The van der Waals surface area contributed by atoms with Crippen LogP contribution in [0.2, 0.25) is 0 Å². The summed E-state index contributed by atoms with van der Waals surface area (Å²) in [6.07, 6.45) is 8.68. The molecule has 5 nitrogen and oxygen atoms in total. The predicted octanol–water partition coefficient (Wildman–Crippen LogP) is 2.00. The van der Waals surface area contributed by atoms with E-state index >= 15 is 0 Å². The Labute approximate surface area is 133 Å². The first-order valence-corrected chi connectivity index (χ1v) is 8.64. The van der Waals surface area contributed by atoms with Gasteiger partial charge in [-0.15, -0.1) is 0 Å². The van der Waals surface area contributed by atoms with Gasteiger partial charge in [-0.25, -0.2) is 4.98 Å². The van der Waals surface area contributed by atoms with Crippen molar-refractivity contribution in [2.75, 3.05) is 19.6 Å². The van der Waals surface area contributed by atoms with Gasteiger partial charge in [0.1, 0.15) is 5.82 Å². The topological polar surface area (TPSA) is 50.2 Å². The van der Waals surface area contributed by atoms with Crippen LogP contribution in [0.1, 0.15) is 51.3 Å². The van der Waals surface area contributed by atoms with Gasteiger partial charge in [0.25, 0.3) is 0 Å². The number of likely N-dealkylation sites (tertiary alicyclic amines) is 1. The Kier molecular flexibility index (Phi) is 4.81. The lowest BCUT2D eigenvalue weighted by atomic mass is 9.96. The summed E-state index contributed by atoms with van der Waals surface area (Å²) >= 11 is 0. The highest BCUT2D eigenvalue weighted by Gasteiger charge is 2.26. The number of aromatic nitrogens is 2. The van der Waals surface area contributed by atoms with E-state index in [4.69, 9.17) is 0 Å². The van der Waals surface area contributed by atoms with Crippen LogP contribution in [-0.4, -0.2) is 46.0 Å². The fraction of sp³-hybridized carbons (Fsp3) is 0.765. The van der Waals surface area contributed by atoms with E-state index in [0.29, 0.717) is 24.4 Å². The number of piperidine rings is 1. The van der Waals surface area contributed by atoms with Crippen LogP contribution in [0.4, 0.5) is 0 Å². The van der Waals surface area contributed by atoms with Crippen molar-refractivity contribution in [3.05, 3.63) is 18.2 Å². The molecular formula is C17H28N4O. The molecule has 1 aliphatic heterocycles. The van der Waals surface area contributed by atoms with Crippen molar-refractivity contribution in [2.24, 2.45) is 5.92 Å². The van der Waals surface area contributed by atoms with E-state index in [1.54, 1.807) is 0 Å². The van der Waals surface area contributed by atoms with Crippen LogP contribution < -0.4 is 5.32 Å². The molecule has 122 valence electrons. The molecular weight excluding hydrogens is 276 g/mol. The number of hydrogen-bond donors (Lipinski definition) is 1. The molecule has 0 spiro atoms. The van der Waals surface area contributed by atoms with Crippen molar-refractivity contribution in [3.8, 4) is 0 Å². The van der Waals surface area contributed by atoms with Crippen molar-refractivity contribution in [3.63, 3.8) is 0 Å². The van der Waals surface area contributed by atoms with Crippen molar-refractivity contribution < 1.29 is 4.79 Å². The lowest BCUT2D eigenvalue weighted by Crippen LogP contribution is -2.42. The molecule has 1 saturated carbocycles. The Morgan fingerprint density at radius 1 is 1.32 bits per heavy atom. The van der Waals surface area contributed by atoms with E-state index < -0.39 is 0 Å². The Morgan fingerprint density at radius 2 is 2.05 bits per heavy atom. The second-order valence-electron chi connectivity index (χ2n) is 7.15. The van der Waals surface area contributed by atoms with Crippen molar-refractivity contribution in [2.45, 2.75) is 58.0 Å². The lowest BCUT2D eigenvalue weighted by Gasteiger charge is -2.32. The number of nitrogens with zero attached hydrogens (tertiary/aromatic N) is 3. The summed E-state index contributed by atoms with van der Waals surface area (Å²) in [5, 5.41) is 3.08. The SMILES string of the molecule is CC(C)c1nccn1CC1CCN(CC(=O)NC2CC2)CC1. The quantitative estimate of drug-likeness (QED) is 0.874. The van der Waals surface area contributed by atoms with Crippen LogP contribution in [0.3, 0.4) is 0 Å². The molecule has 2 heterocycles. The van der Waals surface area contributed by atoms with Gasteiger partial charge in [0.15, 0.2) is 0 Å². The number of imidazole rings is 1. The molecule has 0 radical (unpaired) electrons. The monoisotopic (exact) mass is 304 g/mol. The number of rotatable bonds is 6. The van der Waals surface area contributed by atoms with Crippen LogP contribution in [0.5, 0.6) is 0 Å². The lowest BCUT2D eigenvalue weighted by molar-refractivity contribution is -0.122. The Morgan fingerprint density at radius 3 is 2.68 bits per heavy atom. The van der Waals surface area contributed by atoms with Gasteiger partial charge in [-0.1, -0.05) is 13.8 Å². The largest absolute Gasteiger partial charge is 0.352 e. The fourth-order valence-corrected chi connectivity index (χ4v) is 3.29. The summed E-state index contributed by atoms with van der Waals surface area (Å²) in [5.41, 5.74) is 0. The van der Waals surface area contributed by atoms with E-state index in [1.165, 1.54) is 18.7 Å². The zero-order valence-corrected chi connectivity index (χ0v) is 13.8. The van der Waals surface area contributed by atoms with Gasteiger partial charge in [0.05, 0.1) is 6.54 Å². The van der Waals surface area contributed by atoms with Crippen LogP contribution in [0.25, 0.3) is 0 Å². The highest BCUT2D eigenvalue weighted by atomic mass is 16.2. The number of carbonyl (C=O) groups is 1. The van der Waals surface area contributed by atoms with E-state index in [-0.39, 0.29) is 5.91 Å². The standard InChI is InChI=1S/C17H28N4O/c1-13(2)17-18-7-10-21(17)11-14-5-8-20(9-6-14)12-16(22)19-15-3-4-15/h7,10,13-15H,3-6,8-9,11-12H2,1-2H3,(H,19,22). The highest BCUT2D eigenvalue weighted by Crippen LogP contribution is 2.22. The number of amides is 1. The summed E-state index contributed by atoms with van der Waals surface area (Å²) in [7, 11) is 0. The number of nitrogens with one attached hydrogen (secondary N) is 1. The molecule has 1 aromatic rings. The number of carbonyl (C=O) groups excluding carboxylic acids is 1. The van der Waals surface area contributed by atoms with Gasteiger partial charge in [0.2, 0.25) is 5.91 Å². The maximum atomic E-state index is 11.9. The summed E-state index contributed by atoms with van der Waals surface area (Å²) in [4.78, 5) is 18.6. The summed E-state index contributed by atoms with van der Waals surface area (Å²) in [6, 6.07) is 0.473. The Bertz CT molecular complexity index is 499. The molecule has 1 saturated heterocycles. The normalized spacial score (nSPS) is 20.5. The summed E-state index contributed by atoms with van der Waals surface area (Å²) in [5.74, 6) is 2.57. The minimum absolute atomic E-state index is 0.206. The molecule has 2 aliphatic rings. The van der Waals surface area contributed by atoms with Gasteiger partial charge in [-0.05, 0) is 44.7 Å². The Hall–Kier alpha value is -1.36. The summed E-state index contributed by atoms with van der Waals surface area (Å²) in [6.45, 7) is 8.10. The van der Waals surface area contributed by atoms with Crippen LogP contribution in [0.15, 0.2) is 12.4 Å². The molecule has 0 bridgehead atoms. The first-order valence-electron chi connectivity index (χ1n) is 8.64. The van der Waals surface area contributed by atoms with E-state index in [9.17, 15) is 4.79 Å². The zero-order valence-electron chi connectivity index (χ0n) is 13.8. The molecule has 1 aromatic heterocycles. The molecule has 1 aliphatic carbocycles. The molecule has 0 unspecified atom stereocenters. The van der Waals surface area contributed by atoms with Crippen LogP contribution in [-0.2, 0) is 11.3 Å². The van der Waals surface area contributed by atoms with Crippen molar-refractivity contribution >= 4 is 5.91 Å². The molecule has 1 amide bonds. The van der Waals surface area contributed by atoms with Gasteiger partial charge < -0.3 is 9.88 Å². The smallest absolute Gasteiger partial charge is 0.234 e. The fourth-order valence-electron chi connectivity index (χ4n) is 3.29. The van der Waals surface area contributed by atoms with Gasteiger partial charge >= 0.3 is 0 Å². The molecule has 22 heavy (non-hydrogen) atoms. The highest BCUT2D eigenvalue weighted by molar-refractivity contribution is 5.78. The van der Waals surface area contributed by atoms with E-state index in [1.807, 2.05) is 6.20 Å². The Balaban J connectivity index is 1.43. The second-order valence-corrected chi connectivity index (χ2v) is 7.15. The third-order valence-corrected chi connectivity index (χ3v) is 4.74. The molecule has 0 atom stereocenters. The average molecular weight is 304 g/mol. The van der Waals surface area contributed by atoms with Crippen molar-refractivity contribution in [1.82, 2.24) is 19.8 Å². The predicted molar refractivity (Wildman–Crippen MR) is 86.6 cm³/mol. The van der Waals surface area contributed by atoms with Gasteiger partial charge in [-0.2, -0.15) is 0 Å². The zero-order chi connectivity index (χ0) is 15.5. The summed E-state index contributed by atoms with van der Waals surface area (Å²) < 4.78 is 2.31. The van der Waals surface area contributed by atoms with Crippen molar-refractivity contribution in [1.29, 1.82) is 0 Å². The molecule has 5 heteroatoms. The minimum atomic E-state index is 0.206. The maximum Gasteiger partial charge on any atom is 0.234 e. The first-order chi connectivity index (χ1) is 10.6.